The Labute approximate surface area is 77.5 Å². The topological polar surface area (TPSA) is 44.5 Å². The minimum atomic E-state index is -0.546. The van der Waals surface area contributed by atoms with E-state index in [1.54, 1.807) is 0 Å². The second-order valence-electron chi connectivity index (χ2n) is 3.59. The summed E-state index contributed by atoms with van der Waals surface area (Å²) in [5.74, 6) is 1.03. The summed E-state index contributed by atoms with van der Waals surface area (Å²) < 4.78 is 11.1. The second kappa shape index (κ2) is 2.64. The summed E-state index contributed by atoms with van der Waals surface area (Å²) in [5, 5.41) is 0. The van der Waals surface area contributed by atoms with E-state index in [9.17, 15) is 0 Å². The Morgan fingerprint density at radius 1 is 1.23 bits per heavy atom. The fraction of sp³-hybridized carbons (Fsp3) is 0.400. The lowest BCUT2D eigenvalue weighted by Gasteiger charge is -2.16. The number of hydrogen-bond donors (Lipinski definition) is 1. The summed E-state index contributed by atoms with van der Waals surface area (Å²) in [6.07, 6.45) is 0. The summed E-state index contributed by atoms with van der Waals surface area (Å²) >= 11 is 0. The maximum Gasteiger partial charge on any atom is 0.246 e. The Morgan fingerprint density at radius 3 is 2.62 bits per heavy atom. The Kier molecular flexibility index (Phi) is 1.70. The molecule has 0 amide bonds. The van der Waals surface area contributed by atoms with E-state index in [1.165, 1.54) is 0 Å². The van der Waals surface area contributed by atoms with Gasteiger partial charge in [-0.2, -0.15) is 0 Å². The third kappa shape index (κ3) is 1.47. The van der Waals surface area contributed by atoms with Crippen LogP contribution in [0.2, 0.25) is 0 Å². The molecule has 2 N–H and O–H groups in total. The van der Waals surface area contributed by atoms with Gasteiger partial charge in [-0.05, 0) is 17.7 Å². The molecule has 0 radical (unpaired) electrons. The maximum absolute atomic E-state index is 5.56. The van der Waals surface area contributed by atoms with Gasteiger partial charge < -0.3 is 15.2 Å². The van der Waals surface area contributed by atoms with Crippen LogP contribution >= 0.6 is 0 Å². The first-order chi connectivity index (χ1) is 6.11. The number of benzene rings is 1. The van der Waals surface area contributed by atoms with E-state index in [-0.39, 0.29) is 0 Å². The molecule has 1 aromatic rings. The van der Waals surface area contributed by atoms with Gasteiger partial charge in [0.1, 0.15) is 0 Å². The third-order valence-electron chi connectivity index (χ3n) is 1.96. The molecule has 13 heavy (non-hydrogen) atoms. The van der Waals surface area contributed by atoms with Crippen LogP contribution in [-0.2, 0) is 6.54 Å². The van der Waals surface area contributed by atoms with Crippen LogP contribution in [0.4, 0.5) is 0 Å². The third-order valence-corrected chi connectivity index (χ3v) is 1.96. The van der Waals surface area contributed by atoms with Gasteiger partial charge in [0.2, 0.25) is 5.79 Å². The van der Waals surface area contributed by atoms with Crippen molar-refractivity contribution in [2.45, 2.75) is 26.2 Å². The van der Waals surface area contributed by atoms with Crippen molar-refractivity contribution in [2.24, 2.45) is 5.73 Å². The van der Waals surface area contributed by atoms with E-state index in [0.29, 0.717) is 6.54 Å². The van der Waals surface area contributed by atoms with Crippen molar-refractivity contribution in [1.82, 2.24) is 0 Å². The minimum Gasteiger partial charge on any atom is -0.449 e. The normalized spacial score (nSPS) is 17.5. The summed E-state index contributed by atoms with van der Waals surface area (Å²) in [6.45, 7) is 4.29. The quantitative estimate of drug-likeness (QED) is 0.713. The van der Waals surface area contributed by atoms with E-state index >= 15 is 0 Å². The molecule has 0 unspecified atom stereocenters. The first-order valence-corrected chi connectivity index (χ1v) is 4.32. The van der Waals surface area contributed by atoms with Gasteiger partial charge in [-0.3, -0.25) is 0 Å². The lowest BCUT2D eigenvalue weighted by Crippen LogP contribution is -2.29. The predicted octanol–water partition coefficient (Wildman–Crippen LogP) is 1.65. The van der Waals surface area contributed by atoms with E-state index in [1.807, 2.05) is 32.0 Å². The van der Waals surface area contributed by atoms with Crippen molar-refractivity contribution in [3.63, 3.8) is 0 Å². The number of fused-ring (bicyclic) bond motifs is 1. The molecule has 1 aliphatic heterocycles. The van der Waals surface area contributed by atoms with E-state index in [0.717, 1.165) is 17.1 Å². The average molecular weight is 179 g/mol. The summed E-state index contributed by atoms with van der Waals surface area (Å²) in [7, 11) is 0. The molecule has 1 heterocycles. The molecule has 1 aromatic carbocycles. The van der Waals surface area contributed by atoms with Gasteiger partial charge >= 0.3 is 0 Å². The lowest BCUT2D eigenvalue weighted by molar-refractivity contribution is -0.0431. The second-order valence-corrected chi connectivity index (χ2v) is 3.59. The molecule has 0 aliphatic carbocycles. The molecule has 2 rings (SSSR count). The highest BCUT2D eigenvalue weighted by atomic mass is 16.7. The summed E-state index contributed by atoms with van der Waals surface area (Å²) in [4.78, 5) is 0. The average Bonchev–Trinajstić information content (AvgIpc) is 2.36. The standard InChI is InChI=1S/C10H13NO2/c1-10(2)12-8-4-3-7(6-11)5-9(8)13-10/h3-5H,6,11H2,1-2H3. The molecule has 0 saturated heterocycles. The number of nitrogens with two attached hydrogens (primary N) is 1. The monoisotopic (exact) mass is 179 g/mol. The van der Waals surface area contributed by atoms with Crippen LogP contribution < -0.4 is 15.2 Å². The van der Waals surface area contributed by atoms with Gasteiger partial charge in [-0.1, -0.05) is 6.07 Å². The van der Waals surface area contributed by atoms with Crippen LogP contribution in [0.5, 0.6) is 11.5 Å². The fourth-order valence-corrected chi connectivity index (χ4v) is 1.39. The predicted molar refractivity (Wildman–Crippen MR) is 49.7 cm³/mol. The Hall–Kier alpha value is -1.22. The molecule has 3 heteroatoms. The first kappa shape index (κ1) is 8.38. The van der Waals surface area contributed by atoms with Crippen LogP contribution in [0.3, 0.4) is 0 Å². The smallest absolute Gasteiger partial charge is 0.246 e. The van der Waals surface area contributed by atoms with Gasteiger partial charge in [0.25, 0.3) is 0 Å². The molecule has 3 nitrogen and oxygen atoms in total. The molecule has 0 spiro atoms. The van der Waals surface area contributed by atoms with Gasteiger partial charge in [-0.25, -0.2) is 0 Å². The van der Waals surface area contributed by atoms with Crippen molar-refractivity contribution < 1.29 is 9.47 Å². The largest absolute Gasteiger partial charge is 0.449 e. The highest BCUT2D eigenvalue weighted by molar-refractivity contribution is 5.45. The zero-order valence-corrected chi connectivity index (χ0v) is 7.83. The number of ether oxygens (including phenoxy) is 2. The minimum absolute atomic E-state index is 0.525. The lowest BCUT2D eigenvalue weighted by atomic mass is 10.2. The van der Waals surface area contributed by atoms with E-state index < -0.39 is 5.79 Å². The SMILES string of the molecule is CC1(C)Oc2ccc(CN)cc2O1. The van der Waals surface area contributed by atoms with E-state index in [4.69, 9.17) is 15.2 Å². The van der Waals surface area contributed by atoms with Gasteiger partial charge in [-0.15, -0.1) is 0 Å². The highest BCUT2D eigenvalue weighted by Gasteiger charge is 2.31. The van der Waals surface area contributed by atoms with Gasteiger partial charge in [0, 0.05) is 20.4 Å². The molecule has 70 valence electrons. The van der Waals surface area contributed by atoms with Crippen molar-refractivity contribution in [3.05, 3.63) is 23.8 Å². The summed E-state index contributed by atoms with van der Waals surface area (Å²) in [5.41, 5.74) is 6.57. The molecule has 0 aromatic heterocycles. The van der Waals surface area contributed by atoms with Crippen LogP contribution in [-0.4, -0.2) is 5.79 Å². The highest BCUT2D eigenvalue weighted by Crippen LogP contribution is 2.39. The molecular weight excluding hydrogens is 166 g/mol. The van der Waals surface area contributed by atoms with E-state index in [2.05, 4.69) is 0 Å². The fourth-order valence-electron chi connectivity index (χ4n) is 1.39. The van der Waals surface area contributed by atoms with Crippen LogP contribution in [0.25, 0.3) is 0 Å². The van der Waals surface area contributed by atoms with Crippen molar-refractivity contribution in [3.8, 4) is 11.5 Å². The Morgan fingerprint density at radius 2 is 1.92 bits per heavy atom. The van der Waals surface area contributed by atoms with Crippen molar-refractivity contribution >= 4 is 0 Å². The van der Waals surface area contributed by atoms with Crippen LogP contribution in [0, 0.1) is 0 Å². The first-order valence-electron chi connectivity index (χ1n) is 4.32. The zero-order chi connectivity index (χ0) is 9.47. The maximum atomic E-state index is 5.56. The Balaban J connectivity index is 2.36. The summed E-state index contributed by atoms with van der Waals surface area (Å²) in [6, 6.07) is 5.76. The Bertz CT molecular complexity index is 334. The molecule has 0 bridgehead atoms. The van der Waals surface area contributed by atoms with Gasteiger partial charge in [0.05, 0.1) is 0 Å². The molecular formula is C10H13NO2. The number of hydrogen-bond acceptors (Lipinski definition) is 3. The van der Waals surface area contributed by atoms with Crippen molar-refractivity contribution in [2.75, 3.05) is 0 Å². The molecule has 0 fully saturated rings. The zero-order valence-electron chi connectivity index (χ0n) is 7.83. The van der Waals surface area contributed by atoms with Gasteiger partial charge in [0.15, 0.2) is 11.5 Å². The molecule has 0 atom stereocenters. The van der Waals surface area contributed by atoms with Crippen LogP contribution in [0.15, 0.2) is 18.2 Å². The molecule has 0 saturated carbocycles. The molecule has 1 aliphatic rings. The van der Waals surface area contributed by atoms with Crippen LogP contribution in [0.1, 0.15) is 19.4 Å². The number of rotatable bonds is 1. The van der Waals surface area contributed by atoms with Crippen molar-refractivity contribution in [1.29, 1.82) is 0 Å².